The van der Waals surface area contributed by atoms with Gasteiger partial charge in [0.15, 0.2) is 0 Å². The number of thiophene rings is 1. The molecule has 1 atom stereocenters. The Kier molecular flexibility index (Phi) is 5.27. The summed E-state index contributed by atoms with van der Waals surface area (Å²) in [6.07, 6.45) is 3.06. The summed E-state index contributed by atoms with van der Waals surface area (Å²) in [5, 5.41) is 13.3. The van der Waals surface area contributed by atoms with Crippen molar-refractivity contribution in [1.29, 1.82) is 5.26 Å². The second-order valence-electron chi connectivity index (χ2n) is 6.05. The molecule has 0 saturated heterocycles. The van der Waals surface area contributed by atoms with Gasteiger partial charge >= 0.3 is 0 Å². The molecule has 1 amide bonds. The number of nitriles is 1. The highest BCUT2D eigenvalue weighted by atomic mass is 32.2. The van der Waals surface area contributed by atoms with E-state index < -0.39 is 0 Å². The molecular weight excluding hydrogens is 336 g/mol. The summed E-state index contributed by atoms with van der Waals surface area (Å²) in [7, 11) is 0. The predicted molar refractivity (Wildman–Crippen MR) is 101 cm³/mol. The van der Waals surface area contributed by atoms with Crippen molar-refractivity contribution >= 4 is 34.0 Å². The van der Waals surface area contributed by atoms with E-state index in [4.69, 9.17) is 0 Å². The molecule has 0 fully saturated rings. The summed E-state index contributed by atoms with van der Waals surface area (Å²) < 4.78 is 0. The molecule has 1 unspecified atom stereocenters. The Labute approximate surface area is 151 Å². The lowest BCUT2D eigenvalue weighted by Gasteiger charge is -2.17. The Hall–Kier alpha value is -1.77. The number of nitrogens with one attached hydrogen (secondary N) is 1. The average molecular weight is 357 g/mol. The number of benzene rings is 1. The van der Waals surface area contributed by atoms with Crippen LogP contribution in [0.1, 0.15) is 46.6 Å². The van der Waals surface area contributed by atoms with Gasteiger partial charge in [-0.3, -0.25) is 4.79 Å². The minimum Gasteiger partial charge on any atom is -0.312 e. The first-order valence-electron chi connectivity index (χ1n) is 8.21. The summed E-state index contributed by atoms with van der Waals surface area (Å²) in [5.41, 5.74) is 2.48. The molecule has 1 aliphatic carbocycles. The van der Waals surface area contributed by atoms with Gasteiger partial charge in [0, 0.05) is 9.77 Å². The molecule has 5 heteroatoms. The monoisotopic (exact) mass is 356 g/mol. The molecule has 0 bridgehead atoms. The van der Waals surface area contributed by atoms with Gasteiger partial charge in [-0.1, -0.05) is 26.0 Å². The molecule has 0 saturated carbocycles. The number of rotatable bonds is 4. The maximum absolute atomic E-state index is 12.7. The van der Waals surface area contributed by atoms with Crippen LogP contribution in [0.15, 0.2) is 29.2 Å². The Bertz CT molecular complexity index is 804. The molecule has 1 aromatic carbocycles. The van der Waals surface area contributed by atoms with Crippen molar-refractivity contribution in [3.8, 4) is 6.07 Å². The molecule has 0 spiro atoms. The molecule has 3 nitrogen and oxygen atoms in total. The number of amides is 1. The molecule has 1 aromatic heterocycles. The van der Waals surface area contributed by atoms with Crippen molar-refractivity contribution in [2.45, 2.75) is 38.0 Å². The van der Waals surface area contributed by atoms with Crippen LogP contribution in [0.2, 0.25) is 0 Å². The van der Waals surface area contributed by atoms with Crippen LogP contribution in [0.4, 0.5) is 5.00 Å². The number of hydrogen-bond acceptors (Lipinski definition) is 4. The second kappa shape index (κ2) is 7.42. The third kappa shape index (κ3) is 3.35. The van der Waals surface area contributed by atoms with Gasteiger partial charge < -0.3 is 5.32 Å². The van der Waals surface area contributed by atoms with E-state index in [0.717, 1.165) is 35.5 Å². The maximum Gasteiger partial charge on any atom is 0.257 e. The Morgan fingerprint density at radius 1 is 1.46 bits per heavy atom. The lowest BCUT2D eigenvalue weighted by atomic mass is 9.88. The Morgan fingerprint density at radius 3 is 3.00 bits per heavy atom. The zero-order valence-electron chi connectivity index (χ0n) is 13.9. The van der Waals surface area contributed by atoms with Crippen molar-refractivity contribution in [3.63, 3.8) is 0 Å². The number of hydrogen-bond donors (Lipinski definition) is 1. The molecular formula is C19H20N2OS2. The molecule has 124 valence electrons. The van der Waals surface area contributed by atoms with Gasteiger partial charge in [-0.05, 0) is 48.6 Å². The minimum absolute atomic E-state index is 0.130. The van der Waals surface area contributed by atoms with Gasteiger partial charge in [-0.2, -0.15) is 5.26 Å². The van der Waals surface area contributed by atoms with E-state index in [1.165, 1.54) is 4.88 Å². The summed E-state index contributed by atoms with van der Waals surface area (Å²) in [4.78, 5) is 15.0. The molecule has 3 rings (SSSR count). The van der Waals surface area contributed by atoms with Crippen molar-refractivity contribution in [1.82, 2.24) is 0 Å². The van der Waals surface area contributed by atoms with Crippen LogP contribution >= 0.6 is 23.1 Å². The smallest absolute Gasteiger partial charge is 0.257 e. The fourth-order valence-corrected chi connectivity index (χ4v) is 5.22. The van der Waals surface area contributed by atoms with Gasteiger partial charge in [0.25, 0.3) is 5.91 Å². The highest BCUT2D eigenvalue weighted by Gasteiger charge is 2.25. The van der Waals surface area contributed by atoms with Gasteiger partial charge in [-0.15, -0.1) is 23.1 Å². The highest BCUT2D eigenvalue weighted by Crippen LogP contribution is 2.39. The van der Waals surface area contributed by atoms with E-state index in [2.05, 4.69) is 25.2 Å². The highest BCUT2D eigenvalue weighted by molar-refractivity contribution is 7.99. The van der Waals surface area contributed by atoms with E-state index in [-0.39, 0.29) is 5.91 Å². The molecule has 1 aliphatic rings. The number of thioether (sulfide) groups is 1. The van der Waals surface area contributed by atoms with E-state index in [0.29, 0.717) is 22.0 Å². The summed E-state index contributed by atoms with van der Waals surface area (Å²) in [6.45, 7) is 4.31. The van der Waals surface area contributed by atoms with E-state index >= 15 is 0 Å². The molecule has 24 heavy (non-hydrogen) atoms. The first-order valence-corrected chi connectivity index (χ1v) is 10.0. The van der Waals surface area contributed by atoms with E-state index in [9.17, 15) is 10.1 Å². The van der Waals surface area contributed by atoms with Crippen LogP contribution in [-0.2, 0) is 12.8 Å². The third-order valence-corrected chi connectivity index (χ3v) is 6.41. The summed E-state index contributed by atoms with van der Waals surface area (Å²) in [6, 6.07) is 9.94. The van der Waals surface area contributed by atoms with Crippen molar-refractivity contribution in [2.24, 2.45) is 5.92 Å². The number of fused-ring (bicyclic) bond motifs is 1. The lowest BCUT2D eigenvalue weighted by Crippen LogP contribution is -2.13. The quantitative estimate of drug-likeness (QED) is 0.775. The van der Waals surface area contributed by atoms with Crippen LogP contribution < -0.4 is 5.32 Å². The van der Waals surface area contributed by atoms with Crippen LogP contribution in [0, 0.1) is 17.2 Å². The van der Waals surface area contributed by atoms with Gasteiger partial charge in [0.2, 0.25) is 0 Å². The standard InChI is InChI=1S/C19H20N2OS2/c1-3-23-16-7-5-4-6-14(16)18(22)21-19-15(11-20)13-9-8-12(2)10-17(13)24-19/h4-7,12H,3,8-10H2,1-2H3,(H,21,22). The predicted octanol–water partition coefficient (Wildman–Crippen LogP) is 5.11. The van der Waals surface area contributed by atoms with E-state index in [1.54, 1.807) is 23.1 Å². The topological polar surface area (TPSA) is 52.9 Å². The lowest BCUT2D eigenvalue weighted by molar-refractivity contribution is 0.102. The SMILES string of the molecule is CCSc1ccccc1C(=O)Nc1sc2c(c1C#N)CCC(C)C2. The average Bonchev–Trinajstić information content (AvgIpc) is 2.91. The first-order chi connectivity index (χ1) is 11.6. The van der Waals surface area contributed by atoms with Crippen molar-refractivity contribution in [2.75, 3.05) is 11.1 Å². The normalized spacial score (nSPS) is 16.3. The molecule has 1 heterocycles. The second-order valence-corrected chi connectivity index (χ2v) is 8.46. The number of nitrogens with zero attached hydrogens (tertiary/aromatic N) is 1. The molecule has 0 radical (unpaired) electrons. The largest absolute Gasteiger partial charge is 0.312 e. The minimum atomic E-state index is -0.130. The fourth-order valence-electron chi connectivity index (χ4n) is 3.06. The van der Waals surface area contributed by atoms with Crippen LogP contribution in [0.5, 0.6) is 0 Å². The van der Waals surface area contributed by atoms with Crippen molar-refractivity contribution < 1.29 is 4.79 Å². The zero-order valence-corrected chi connectivity index (χ0v) is 15.5. The number of carbonyl (C=O) groups excluding carboxylic acids is 1. The Balaban J connectivity index is 1.89. The zero-order chi connectivity index (χ0) is 17.1. The first kappa shape index (κ1) is 17.1. The number of carbonyl (C=O) groups is 1. The maximum atomic E-state index is 12.7. The van der Waals surface area contributed by atoms with Crippen LogP contribution in [-0.4, -0.2) is 11.7 Å². The molecule has 2 aromatic rings. The van der Waals surface area contributed by atoms with Crippen LogP contribution in [0.25, 0.3) is 0 Å². The Morgan fingerprint density at radius 2 is 2.25 bits per heavy atom. The molecule has 1 N–H and O–H groups in total. The van der Waals surface area contributed by atoms with Crippen molar-refractivity contribution in [3.05, 3.63) is 45.8 Å². The van der Waals surface area contributed by atoms with Gasteiger partial charge in [0.1, 0.15) is 11.1 Å². The van der Waals surface area contributed by atoms with E-state index in [1.807, 2.05) is 24.3 Å². The summed E-state index contributed by atoms with van der Waals surface area (Å²) in [5.74, 6) is 1.43. The number of anilines is 1. The van der Waals surface area contributed by atoms with Gasteiger partial charge in [0.05, 0.1) is 11.1 Å². The third-order valence-electron chi connectivity index (χ3n) is 4.28. The van der Waals surface area contributed by atoms with Crippen LogP contribution in [0.3, 0.4) is 0 Å². The van der Waals surface area contributed by atoms with Gasteiger partial charge in [-0.25, -0.2) is 0 Å². The summed E-state index contributed by atoms with van der Waals surface area (Å²) >= 11 is 3.23. The fraction of sp³-hybridized carbons (Fsp3) is 0.368. The molecule has 0 aliphatic heterocycles.